The number of ether oxygens (including phenoxy) is 1. The van der Waals surface area contributed by atoms with Crippen LogP contribution in [0.3, 0.4) is 0 Å². The number of carbonyl (C=O) groups excluding carboxylic acids is 1. The summed E-state index contributed by atoms with van der Waals surface area (Å²) in [6.07, 6.45) is 9.07. The number of hydrogen-bond acceptors (Lipinski definition) is 2. The van der Waals surface area contributed by atoms with Crippen molar-refractivity contribution in [2.24, 2.45) is 0 Å². The van der Waals surface area contributed by atoms with E-state index in [2.05, 4.69) is 23.1 Å². The van der Waals surface area contributed by atoms with Crippen molar-refractivity contribution in [1.82, 2.24) is 4.90 Å². The lowest BCUT2D eigenvalue weighted by Gasteiger charge is -2.31. The lowest BCUT2D eigenvalue weighted by molar-refractivity contribution is -0.133. The van der Waals surface area contributed by atoms with E-state index >= 15 is 0 Å². The van der Waals surface area contributed by atoms with Gasteiger partial charge in [0, 0.05) is 12.5 Å². The fraction of sp³-hybridized carbons (Fsp3) is 0.500. The minimum atomic E-state index is 0.290. The van der Waals surface area contributed by atoms with Crippen LogP contribution < -0.4 is 4.74 Å². The van der Waals surface area contributed by atoms with E-state index in [1.165, 1.54) is 0 Å². The molecule has 0 aromatic heterocycles. The molecule has 2 heterocycles. The van der Waals surface area contributed by atoms with Gasteiger partial charge < -0.3 is 9.64 Å². The largest absolute Gasteiger partial charge is 0.494 e. The zero-order chi connectivity index (χ0) is 14.7. The Hall–Kier alpha value is -1.77. The molecule has 1 fully saturated rings. The summed E-state index contributed by atoms with van der Waals surface area (Å²) in [5.74, 6) is 1.20. The zero-order valence-electron chi connectivity index (χ0n) is 12.6. The Morgan fingerprint density at radius 1 is 1.33 bits per heavy atom. The number of aryl methyl sites for hydroxylation is 1. The van der Waals surface area contributed by atoms with Crippen LogP contribution in [0, 0.1) is 0 Å². The number of hydrogen-bond donors (Lipinski definition) is 0. The van der Waals surface area contributed by atoms with Gasteiger partial charge in [-0.25, -0.2) is 0 Å². The number of rotatable bonds is 5. The van der Waals surface area contributed by atoms with E-state index < -0.39 is 0 Å². The molecule has 3 heteroatoms. The molecule has 1 aromatic carbocycles. The summed E-state index contributed by atoms with van der Waals surface area (Å²) in [6.45, 7) is 2.64. The second-order valence-corrected chi connectivity index (χ2v) is 5.80. The van der Waals surface area contributed by atoms with Crippen molar-refractivity contribution in [3.05, 3.63) is 42.0 Å². The lowest BCUT2D eigenvalue weighted by atomic mass is 10.1. The van der Waals surface area contributed by atoms with Crippen LogP contribution in [-0.2, 0) is 11.2 Å². The SMILES string of the molecule is CCOc1ccccc1CCC(=O)N1C2C=CCC1CC2. The summed E-state index contributed by atoms with van der Waals surface area (Å²) in [4.78, 5) is 14.7. The number of amides is 1. The molecule has 0 aliphatic carbocycles. The topological polar surface area (TPSA) is 29.5 Å². The third-order valence-electron chi connectivity index (χ3n) is 4.48. The van der Waals surface area contributed by atoms with Crippen LogP contribution in [0.1, 0.15) is 38.2 Å². The fourth-order valence-corrected chi connectivity index (χ4v) is 3.49. The smallest absolute Gasteiger partial charge is 0.223 e. The zero-order valence-corrected chi connectivity index (χ0v) is 12.6. The Labute approximate surface area is 126 Å². The number of carbonyl (C=O) groups is 1. The Bertz CT molecular complexity index is 538. The lowest BCUT2D eigenvalue weighted by Crippen LogP contribution is -2.42. The van der Waals surface area contributed by atoms with E-state index in [9.17, 15) is 4.79 Å². The molecule has 0 radical (unpaired) electrons. The van der Waals surface area contributed by atoms with Gasteiger partial charge in [-0.3, -0.25) is 4.79 Å². The molecule has 3 rings (SSSR count). The van der Waals surface area contributed by atoms with Crippen LogP contribution in [0.15, 0.2) is 36.4 Å². The van der Waals surface area contributed by atoms with Crippen molar-refractivity contribution in [3.63, 3.8) is 0 Å². The maximum Gasteiger partial charge on any atom is 0.223 e. The van der Waals surface area contributed by atoms with Crippen LogP contribution in [0.25, 0.3) is 0 Å². The second kappa shape index (κ2) is 6.33. The molecule has 2 aliphatic heterocycles. The molecular formula is C18H23NO2. The third-order valence-corrected chi connectivity index (χ3v) is 4.48. The highest BCUT2D eigenvalue weighted by Gasteiger charge is 2.36. The van der Waals surface area contributed by atoms with Gasteiger partial charge in [0.15, 0.2) is 0 Å². The molecule has 0 N–H and O–H groups in total. The molecule has 112 valence electrons. The maximum absolute atomic E-state index is 12.6. The third kappa shape index (κ3) is 2.97. The fourth-order valence-electron chi connectivity index (χ4n) is 3.49. The molecule has 2 aliphatic rings. The van der Waals surface area contributed by atoms with Crippen molar-refractivity contribution >= 4 is 5.91 Å². The van der Waals surface area contributed by atoms with Crippen LogP contribution in [-0.4, -0.2) is 29.5 Å². The summed E-state index contributed by atoms with van der Waals surface area (Å²) < 4.78 is 5.63. The van der Waals surface area contributed by atoms with Crippen LogP contribution in [0.5, 0.6) is 5.75 Å². The van der Waals surface area contributed by atoms with E-state index in [0.29, 0.717) is 25.1 Å². The summed E-state index contributed by atoms with van der Waals surface area (Å²) in [7, 11) is 0. The average Bonchev–Trinajstić information content (AvgIpc) is 2.76. The highest BCUT2D eigenvalue weighted by atomic mass is 16.5. The van der Waals surface area contributed by atoms with Gasteiger partial charge in [0.05, 0.1) is 12.6 Å². The number of nitrogens with zero attached hydrogens (tertiary/aromatic N) is 1. The Morgan fingerprint density at radius 2 is 2.19 bits per heavy atom. The summed E-state index contributed by atoms with van der Waals surface area (Å²) >= 11 is 0. The standard InChI is InChI=1S/C18H23NO2/c1-2-21-17-9-4-3-6-14(17)10-13-18(20)19-15-7-5-8-16(19)12-11-15/h3-7,9,15-16H,2,8,10-13H2,1H3. The first-order chi connectivity index (χ1) is 10.3. The van der Waals surface area contributed by atoms with E-state index in [1.807, 2.05) is 25.1 Å². The molecule has 0 spiro atoms. The molecule has 1 aromatic rings. The number of para-hydroxylation sites is 1. The quantitative estimate of drug-likeness (QED) is 0.777. The minimum Gasteiger partial charge on any atom is -0.494 e. The molecule has 1 amide bonds. The summed E-state index contributed by atoms with van der Waals surface area (Å²) in [5, 5.41) is 0. The highest BCUT2D eigenvalue weighted by Crippen LogP contribution is 2.32. The van der Waals surface area contributed by atoms with Crippen molar-refractivity contribution in [2.45, 2.75) is 51.1 Å². The average molecular weight is 285 g/mol. The van der Waals surface area contributed by atoms with E-state index in [4.69, 9.17) is 4.74 Å². The summed E-state index contributed by atoms with van der Waals surface area (Å²) in [6, 6.07) is 8.81. The van der Waals surface area contributed by atoms with Gasteiger partial charge >= 0.3 is 0 Å². The first-order valence-electron chi connectivity index (χ1n) is 7.98. The molecule has 0 saturated carbocycles. The van der Waals surface area contributed by atoms with Crippen molar-refractivity contribution < 1.29 is 9.53 Å². The van der Waals surface area contributed by atoms with Gasteiger partial charge in [-0.2, -0.15) is 0 Å². The van der Waals surface area contributed by atoms with Crippen LogP contribution in [0.4, 0.5) is 0 Å². The van der Waals surface area contributed by atoms with Crippen LogP contribution in [0.2, 0.25) is 0 Å². The van der Waals surface area contributed by atoms with Gasteiger partial charge in [-0.1, -0.05) is 30.4 Å². The monoisotopic (exact) mass is 285 g/mol. The molecule has 3 nitrogen and oxygen atoms in total. The molecule has 21 heavy (non-hydrogen) atoms. The number of fused-ring (bicyclic) bond motifs is 2. The predicted molar refractivity (Wildman–Crippen MR) is 83.3 cm³/mol. The molecule has 1 saturated heterocycles. The van der Waals surface area contributed by atoms with Crippen LogP contribution >= 0.6 is 0 Å². The molecular weight excluding hydrogens is 262 g/mol. The minimum absolute atomic E-state index is 0.290. The Morgan fingerprint density at radius 3 is 3.00 bits per heavy atom. The normalized spacial score (nSPS) is 23.4. The summed E-state index contributed by atoms with van der Waals surface area (Å²) in [5.41, 5.74) is 1.13. The van der Waals surface area contributed by atoms with Crippen molar-refractivity contribution in [1.29, 1.82) is 0 Å². The Balaban J connectivity index is 1.63. The first kappa shape index (κ1) is 14.2. The number of benzene rings is 1. The van der Waals surface area contributed by atoms with Gasteiger partial charge in [0.1, 0.15) is 5.75 Å². The van der Waals surface area contributed by atoms with E-state index in [1.54, 1.807) is 0 Å². The molecule has 2 bridgehead atoms. The molecule has 2 atom stereocenters. The predicted octanol–water partition coefficient (Wildman–Crippen LogP) is 3.34. The van der Waals surface area contributed by atoms with Crippen molar-refractivity contribution in [2.75, 3.05) is 6.61 Å². The van der Waals surface area contributed by atoms with E-state index in [0.717, 1.165) is 37.0 Å². The molecule has 2 unspecified atom stereocenters. The van der Waals surface area contributed by atoms with Gasteiger partial charge in [0.2, 0.25) is 5.91 Å². The van der Waals surface area contributed by atoms with Gasteiger partial charge in [-0.15, -0.1) is 0 Å². The van der Waals surface area contributed by atoms with Gasteiger partial charge in [0.25, 0.3) is 0 Å². The first-order valence-corrected chi connectivity index (χ1v) is 7.98. The Kier molecular flexibility index (Phi) is 4.28. The maximum atomic E-state index is 12.6. The van der Waals surface area contributed by atoms with Gasteiger partial charge in [-0.05, 0) is 44.2 Å². The van der Waals surface area contributed by atoms with Crippen molar-refractivity contribution in [3.8, 4) is 5.75 Å². The second-order valence-electron chi connectivity index (χ2n) is 5.80. The van der Waals surface area contributed by atoms with E-state index in [-0.39, 0.29) is 5.91 Å². The highest BCUT2D eigenvalue weighted by molar-refractivity contribution is 5.78.